The van der Waals surface area contributed by atoms with Gasteiger partial charge in [0.05, 0.1) is 5.39 Å². The zero-order chi connectivity index (χ0) is 18.5. The van der Waals surface area contributed by atoms with Gasteiger partial charge in [0.25, 0.3) is 0 Å². The van der Waals surface area contributed by atoms with E-state index in [-0.39, 0.29) is 17.8 Å². The number of anilines is 1. The van der Waals surface area contributed by atoms with Crippen molar-refractivity contribution >= 4 is 49.6 Å². The zero-order valence-electron chi connectivity index (χ0n) is 16.4. The van der Waals surface area contributed by atoms with Gasteiger partial charge in [0.2, 0.25) is 0 Å². The minimum Gasteiger partial charge on any atom is -0.383 e. The van der Waals surface area contributed by atoms with Crippen molar-refractivity contribution in [2.75, 3.05) is 31.5 Å². The van der Waals surface area contributed by atoms with Crippen molar-refractivity contribution in [1.82, 2.24) is 4.90 Å². The molecule has 0 fully saturated rings. The maximum absolute atomic E-state index is 13.1. The lowest BCUT2D eigenvalue weighted by Gasteiger charge is -2.21. The van der Waals surface area contributed by atoms with Crippen molar-refractivity contribution < 1.29 is 0 Å². The summed E-state index contributed by atoms with van der Waals surface area (Å²) in [5.41, 5.74) is 2.27. The Kier molecular flexibility index (Phi) is 8.08. The van der Waals surface area contributed by atoms with Gasteiger partial charge in [-0.1, -0.05) is 32.0 Å². The molecule has 1 heterocycles. The van der Waals surface area contributed by atoms with E-state index in [2.05, 4.69) is 43.1 Å². The third kappa shape index (κ3) is 4.81. The van der Waals surface area contributed by atoms with Gasteiger partial charge in [-0.15, -0.1) is 23.7 Å². The standard InChI is InChI=1S/C22H28N2OS.ClH/c1-4-13-24(14-5-2)15-12-23-18-11-10-16(3)22-20(18)21(25)17-8-6-7-9-19(17)26-22;/h6-11,23H,4-5,12-15H2,1-3H3;1H. The number of benzene rings is 2. The molecule has 1 aromatic heterocycles. The molecule has 146 valence electrons. The van der Waals surface area contributed by atoms with Crippen LogP contribution >= 0.6 is 23.7 Å². The highest BCUT2D eigenvalue weighted by atomic mass is 35.5. The molecule has 0 bridgehead atoms. The highest BCUT2D eigenvalue weighted by Gasteiger charge is 2.12. The number of nitrogens with one attached hydrogen (secondary N) is 1. The summed E-state index contributed by atoms with van der Waals surface area (Å²) in [6.07, 6.45) is 2.34. The number of hydrogen-bond donors (Lipinski definition) is 1. The van der Waals surface area contributed by atoms with Gasteiger partial charge < -0.3 is 10.2 Å². The third-order valence-corrected chi connectivity index (χ3v) is 6.05. The first-order valence-corrected chi connectivity index (χ1v) is 10.4. The second kappa shape index (κ2) is 10.1. The molecule has 2 aromatic carbocycles. The molecule has 0 aliphatic rings. The predicted octanol–water partition coefficient (Wildman–Crippen LogP) is 5.68. The summed E-state index contributed by atoms with van der Waals surface area (Å²) < 4.78 is 2.15. The molecule has 0 radical (unpaired) electrons. The molecule has 0 saturated heterocycles. The van der Waals surface area contributed by atoms with Crippen LogP contribution in [0.1, 0.15) is 32.3 Å². The van der Waals surface area contributed by atoms with Gasteiger partial charge >= 0.3 is 0 Å². The van der Waals surface area contributed by atoms with Crippen LogP contribution in [-0.4, -0.2) is 31.1 Å². The van der Waals surface area contributed by atoms with Crippen LogP contribution in [0.15, 0.2) is 41.2 Å². The van der Waals surface area contributed by atoms with Crippen molar-refractivity contribution in [3.05, 3.63) is 52.2 Å². The van der Waals surface area contributed by atoms with Crippen LogP contribution in [0.2, 0.25) is 0 Å². The highest BCUT2D eigenvalue weighted by Crippen LogP contribution is 2.31. The van der Waals surface area contributed by atoms with E-state index in [9.17, 15) is 4.79 Å². The normalized spacial score (nSPS) is 11.1. The molecular weight excluding hydrogens is 376 g/mol. The monoisotopic (exact) mass is 404 g/mol. The molecule has 5 heteroatoms. The number of fused-ring (bicyclic) bond motifs is 2. The van der Waals surface area contributed by atoms with Crippen LogP contribution in [0.3, 0.4) is 0 Å². The van der Waals surface area contributed by atoms with Crippen molar-refractivity contribution in [3.63, 3.8) is 0 Å². The Morgan fingerprint density at radius 2 is 1.70 bits per heavy atom. The minimum atomic E-state index is 0. The van der Waals surface area contributed by atoms with E-state index >= 15 is 0 Å². The number of aryl methyl sites for hydroxylation is 1. The first-order chi connectivity index (χ1) is 12.7. The van der Waals surface area contributed by atoms with E-state index in [1.807, 2.05) is 24.3 Å². The fourth-order valence-electron chi connectivity index (χ4n) is 3.50. The van der Waals surface area contributed by atoms with E-state index in [1.165, 1.54) is 12.8 Å². The molecule has 3 nitrogen and oxygen atoms in total. The summed E-state index contributed by atoms with van der Waals surface area (Å²) >= 11 is 1.71. The quantitative estimate of drug-likeness (QED) is 0.490. The average molecular weight is 405 g/mol. The van der Waals surface area contributed by atoms with E-state index in [0.717, 1.165) is 57.6 Å². The van der Waals surface area contributed by atoms with E-state index in [0.29, 0.717) is 0 Å². The number of halogens is 1. The third-order valence-electron chi connectivity index (χ3n) is 4.75. The Hall–Kier alpha value is -1.62. The lowest BCUT2D eigenvalue weighted by Crippen LogP contribution is -2.30. The average Bonchev–Trinajstić information content (AvgIpc) is 2.64. The van der Waals surface area contributed by atoms with Crippen molar-refractivity contribution in [3.8, 4) is 0 Å². The van der Waals surface area contributed by atoms with Crippen molar-refractivity contribution in [2.45, 2.75) is 33.6 Å². The van der Waals surface area contributed by atoms with Crippen LogP contribution in [-0.2, 0) is 0 Å². The summed E-state index contributed by atoms with van der Waals surface area (Å²) in [4.78, 5) is 15.6. The SMILES string of the molecule is CCCN(CCC)CCNc1ccc(C)c2sc3ccccc3c(=O)c12.Cl. The van der Waals surface area contributed by atoms with Crippen LogP contribution in [0.25, 0.3) is 20.2 Å². The molecule has 0 amide bonds. The lowest BCUT2D eigenvalue weighted by atomic mass is 10.1. The predicted molar refractivity (Wildman–Crippen MR) is 123 cm³/mol. The number of nitrogens with zero attached hydrogens (tertiary/aromatic N) is 1. The van der Waals surface area contributed by atoms with Gasteiger partial charge in [0.15, 0.2) is 5.43 Å². The van der Waals surface area contributed by atoms with E-state index in [4.69, 9.17) is 0 Å². The Labute approximate surface area is 171 Å². The molecule has 0 aliphatic carbocycles. The van der Waals surface area contributed by atoms with E-state index < -0.39 is 0 Å². The Morgan fingerprint density at radius 3 is 2.41 bits per heavy atom. The molecule has 27 heavy (non-hydrogen) atoms. The first kappa shape index (κ1) is 21.7. The molecule has 0 saturated carbocycles. The Balaban J connectivity index is 0.00000261. The summed E-state index contributed by atoms with van der Waals surface area (Å²) in [7, 11) is 0. The smallest absolute Gasteiger partial charge is 0.197 e. The van der Waals surface area contributed by atoms with Crippen molar-refractivity contribution in [1.29, 1.82) is 0 Å². The van der Waals surface area contributed by atoms with Gasteiger partial charge in [-0.05, 0) is 56.6 Å². The summed E-state index contributed by atoms with van der Waals surface area (Å²) in [5.74, 6) is 0. The van der Waals surface area contributed by atoms with Crippen LogP contribution in [0, 0.1) is 6.92 Å². The fraction of sp³-hybridized carbons (Fsp3) is 0.409. The van der Waals surface area contributed by atoms with Crippen molar-refractivity contribution in [2.24, 2.45) is 0 Å². The van der Waals surface area contributed by atoms with Gasteiger partial charge in [0, 0.05) is 33.6 Å². The summed E-state index contributed by atoms with van der Waals surface area (Å²) in [6.45, 7) is 10.6. The molecule has 0 atom stereocenters. The van der Waals surface area contributed by atoms with Gasteiger partial charge in [-0.25, -0.2) is 0 Å². The van der Waals surface area contributed by atoms with Gasteiger partial charge in [0.1, 0.15) is 0 Å². The second-order valence-corrected chi connectivity index (χ2v) is 7.88. The van der Waals surface area contributed by atoms with E-state index in [1.54, 1.807) is 11.3 Å². The largest absolute Gasteiger partial charge is 0.383 e. The molecule has 3 rings (SSSR count). The molecule has 3 aromatic rings. The lowest BCUT2D eigenvalue weighted by molar-refractivity contribution is 0.285. The summed E-state index contributed by atoms with van der Waals surface area (Å²) in [6, 6.07) is 12.1. The number of hydrogen-bond acceptors (Lipinski definition) is 4. The fourth-order valence-corrected chi connectivity index (χ4v) is 4.67. The maximum Gasteiger partial charge on any atom is 0.197 e. The zero-order valence-corrected chi connectivity index (χ0v) is 18.0. The van der Waals surface area contributed by atoms with Gasteiger partial charge in [-0.2, -0.15) is 0 Å². The minimum absolute atomic E-state index is 0. The highest BCUT2D eigenvalue weighted by molar-refractivity contribution is 7.24. The molecule has 0 unspecified atom stereocenters. The van der Waals surface area contributed by atoms with Crippen LogP contribution in [0.5, 0.6) is 0 Å². The Bertz CT molecular complexity index is 948. The molecular formula is C22H29ClN2OS. The molecule has 0 spiro atoms. The number of rotatable bonds is 8. The summed E-state index contributed by atoms with van der Waals surface area (Å²) in [5, 5.41) is 5.19. The van der Waals surface area contributed by atoms with Crippen LogP contribution < -0.4 is 10.7 Å². The molecule has 0 aliphatic heterocycles. The topological polar surface area (TPSA) is 32.3 Å². The Morgan fingerprint density at radius 1 is 1.00 bits per heavy atom. The second-order valence-electron chi connectivity index (χ2n) is 6.83. The van der Waals surface area contributed by atoms with Gasteiger partial charge in [-0.3, -0.25) is 4.79 Å². The maximum atomic E-state index is 13.1. The first-order valence-electron chi connectivity index (χ1n) is 9.57. The van der Waals surface area contributed by atoms with Crippen LogP contribution in [0.4, 0.5) is 5.69 Å². The molecule has 1 N–H and O–H groups in total.